The second kappa shape index (κ2) is 4.64. The number of hydrogen-bond donors (Lipinski definition) is 0. The molecule has 0 radical (unpaired) electrons. The molecule has 1 aliphatic rings. The highest BCUT2D eigenvalue weighted by molar-refractivity contribution is 4.74. The van der Waals surface area contributed by atoms with Gasteiger partial charge in [-0.25, -0.2) is 0 Å². The van der Waals surface area contributed by atoms with Gasteiger partial charge in [-0.3, -0.25) is 0 Å². The van der Waals surface area contributed by atoms with Crippen LogP contribution in [0.15, 0.2) is 5.11 Å². The topological polar surface area (TPSA) is 67.2 Å². The van der Waals surface area contributed by atoms with E-state index in [1.54, 1.807) is 0 Å². The highest BCUT2D eigenvalue weighted by atomic mass is 16.7. The lowest BCUT2D eigenvalue weighted by atomic mass is 9.95. The van der Waals surface area contributed by atoms with Gasteiger partial charge in [0, 0.05) is 10.3 Å². The molecule has 0 aromatic heterocycles. The van der Waals surface area contributed by atoms with E-state index in [0.29, 0.717) is 13.2 Å². The SMILES string of the molecule is CC(C)(C)[C@@H]1OCC[C@H](CN=[N+]=[N-])O1. The standard InChI is InChI=1S/C9H17N3O2/c1-9(2,3)8-13-5-4-7(14-8)6-11-12-10/h7-8H,4-6H2,1-3H3/t7-,8-/m1/s1. The number of ether oxygens (including phenoxy) is 2. The first-order valence-corrected chi connectivity index (χ1v) is 4.82. The van der Waals surface area contributed by atoms with Crippen LogP contribution >= 0.6 is 0 Å². The van der Waals surface area contributed by atoms with Crippen molar-refractivity contribution in [1.29, 1.82) is 0 Å². The maximum absolute atomic E-state index is 8.19. The third-order valence-electron chi connectivity index (χ3n) is 2.08. The minimum Gasteiger partial charge on any atom is -0.352 e. The zero-order chi connectivity index (χ0) is 10.6. The lowest BCUT2D eigenvalue weighted by molar-refractivity contribution is -0.250. The predicted octanol–water partition coefficient (Wildman–Crippen LogP) is 2.47. The molecular formula is C9H17N3O2. The highest BCUT2D eigenvalue weighted by Crippen LogP contribution is 2.28. The van der Waals surface area contributed by atoms with Crippen molar-refractivity contribution in [3.05, 3.63) is 10.4 Å². The molecule has 14 heavy (non-hydrogen) atoms. The van der Waals surface area contributed by atoms with Crippen molar-refractivity contribution in [2.24, 2.45) is 10.5 Å². The molecule has 0 aliphatic carbocycles. The molecule has 0 saturated carbocycles. The van der Waals surface area contributed by atoms with Crippen molar-refractivity contribution < 1.29 is 9.47 Å². The van der Waals surface area contributed by atoms with Crippen LogP contribution in [0.1, 0.15) is 27.2 Å². The van der Waals surface area contributed by atoms with Gasteiger partial charge >= 0.3 is 0 Å². The summed E-state index contributed by atoms with van der Waals surface area (Å²) in [4.78, 5) is 2.72. The predicted molar refractivity (Wildman–Crippen MR) is 52.7 cm³/mol. The van der Waals surface area contributed by atoms with Crippen LogP contribution in [-0.2, 0) is 9.47 Å². The zero-order valence-electron chi connectivity index (χ0n) is 8.93. The molecule has 0 N–H and O–H groups in total. The van der Waals surface area contributed by atoms with Crippen LogP contribution in [0.2, 0.25) is 0 Å². The van der Waals surface area contributed by atoms with E-state index in [4.69, 9.17) is 15.0 Å². The van der Waals surface area contributed by atoms with Gasteiger partial charge in [0.25, 0.3) is 0 Å². The summed E-state index contributed by atoms with van der Waals surface area (Å²) < 4.78 is 11.2. The minimum atomic E-state index is -0.199. The van der Waals surface area contributed by atoms with Crippen molar-refractivity contribution in [1.82, 2.24) is 0 Å². The molecule has 0 unspecified atom stereocenters. The van der Waals surface area contributed by atoms with Crippen LogP contribution in [0.3, 0.4) is 0 Å². The molecular weight excluding hydrogens is 182 g/mol. The molecule has 1 heterocycles. The normalized spacial score (nSPS) is 28.2. The third kappa shape index (κ3) is 3.18. The smallest absolute Gasteiger partial charge is 0.162 e. The molecule has 0 aromatic carbocycles. The van der Waals surface area contributed by atoms with Crippen LogP contribution in [0, 0.1) is 5.41 Å². The number of azide groups is 1. The summed E-state index contributed by atoms with van der Waals surface area (Å²) in [5, 5.41) is 3.51. The second-order valence-electron chi connectivity index (χ2n) is 4.53. The van der Waals surface area contributed by atoms with E-state index >= 15 is 0 Å². The Hall–Kier alpha value is -0.770. The van der Waals surface area contributed by atoms with Crippen molar-refractivity contribution in [2.45, 2.75) is 39.6 Å². The van der Waals surface area contributed by atoms with E-state index in [9.17, 15) is 0 Å². The lowest BCUT2D eigenvalue weighted by Crippen LogP contribution is -2.41. The fourth-order valence-corrected chi connectivity index (χ4v) is 1.30. The quantitative estimate of drug-likeness (QED) is 0.389. The molecule has 1 saturated heterocycles. The first-order valence-electron chi connectivity index (χ1n) is 4.82. The van der Waals surface area contributed by atoms with E-state index in [-0.39, 0.29) is 17.8 Å². The van der Waals surface area contributed by atoms with Gasteiger partial charge in [-0.2, -0.15) is 0 Å². The van der Waals surface area contributed by atoms with E-state index < -0.39 is 0 Å². The first kappa shape index (κ1) is 11.3. The summed E-state index contributed by atoms with van der Waals surface area (Å²) in [5.41, 5.74) is 8.16. The Morgan fingerprint density at radius 1 is 1.50 bits per heavy atom. The van der Waals surface area contributed by atoms with E-state index in [1.807, 2.05) is 0 Å². The molecule has 1 aliphatic heterocycles. The summed E-state index contributed by atoms with van der Waals surface area (Å²) in [6.07, 6.45) is 0.602. The summed E-state index contributed by atoms with van der Waals surface area (Å²) >= 11 is 0. The summed E-state index contributed by atoms with van der Waals surface area (Å²) in [6.45, 7) is 7.26. The molecule has 0 bridgehead atoms. The molecule has 0 amide bonds. The van der Waals surface area contributed by atoms with E-state index in [2.05, 4.69) is 30.8 Å². The lowest BCUT2D eigenvalue weighted by Gasteiger charge is -2.37. The molecule has 5 heteroatoms. The van der Waals surface area contributed by atoms with Gasteiger partial charge in [0.2, 0.25) is 0 Å². The average molecular weight is 199 g/mol. The van der Waals surface area contributed by atoms with Crippen LogP contribution in [0.4, 0.5) is 0 Å². The van der Waals surface area contributed by atoms with Gasteiger partial charge in [0.05, 0.1) is 19.3 Å². The molecule has 2 atom stereocenters. The van der Waals surface area contributed by atoms with Crippen LogP contribution < -0.4 is 0 Å². The van der Waals surface area contributed by atoms with Crippen molar-refractivity contribution in [2.75, 3.05) is 13.2 Å². The average Bonchev–Trinajstić information content (AvgIpc) is 2.14. The maximum atomic E-state index is 8.19. The summed E-state index contributed by atoms with van der Waals surface area (Å²) in [5.74, 6) is 0. The number of nitrogens with zero attached hydrogens (tertiary/aromatic N) is 3. The molecule has 0 spiro atoms. The molecule has 1 fully saturated rings. The molecule has 80 valence electrons. The van der Waals surface area contributed by atoms with Gasteiger partial charge in [0.15, 0.2) is 6.29 Å². The number of rotatable bonds is 2. The Morgan fingerprint density at radius 2 is 2.21 bits per heavy atom. The van der Waals surface area contributed by atoms with Crippen LogP contribution in [0.25, 0.3) is 10.4 Å². The van der Waals surface area contributed by atoms with E-state index in [0.717, 1.165) is 6.42 Å². The largest absolute Gasteiger partial charge is 0.352 e. The van der Waals surface area contributed by atoms with Crippen molar-refractivity contribution in [3.63, 3.8) is 0 Å². The van der Waals surface area contributed by atoms with E-state index in [1.165, 1.54) is 0 Å². The monoisotopic (exact) mass is 199 g/mol. The van der Waals surface area contributed by atoms with Gasteiger partial charge in [0.1, 0.15) is 0 Å². The van der Waals surface area contributed by atoms with Crippen LogP contribution in [-0.4, -0.2) is 25.5 Å². The molecule has 5 nitrogen and oxygen atoms in total. The zero-order valence-corrected chi connectivity index (χ0v) is 8.93. The third-order valence-corrected chi connectivity index (χ3v) is 2.08. The van der Waals surface area contributed by atoms with Gasteiger partial charge in [-0.15, -0.1) is 0 Å². The number of hydrogen-bond acceptors (Lipinski definition) is 3. The van der Waals surface area contributed by atoms with Gasteiger partial charge < -0.3 is 9.47 Å². The van der Waals surface area contributed by atoms with Crippen molar-refractivity contribution in [3.8, 4) is 0 Å². The first-order chi connectivity index (χ1) is 6.54. The van der Waals surface area contributed by atoms with Crippen LogP contribution in [0.5, 0.6) is 0 Å². The Labute approximate surface area is 84.0 Å². The molecule has 1 rings (SSSR count). The summed E-state index contributed by atoms with van der Waals surface area (Å²) in [7, 11) is 0. The fourth-order valence-electron chi connectivity index (χ4n) is 1.30. The molecule has 0 aromatic rings. The van der Waals surface area contributed by atoms with Gasteiger partial charge in [-0.05, 0) is 12.0 Å². The maximum Gasteiger partial charge on any atom is 0.162 e. The van der Waals surface area contributed by atoms with Gasteiger partial charge in [-0.1, -0.05) is 25.9 Å². The van der Waals surface area contributed by atoms with Crippen molar-refractivity contribution >= 4 is 0 Å². The Morgan fingerprint density at radius 3 is 2.79 bits per heavy atom. The Kier molecular flexibility index (Phi) is 3.75. The minimum absolute atomic E-state index is 0.00359. The highest BCUT2D eigenvalue weighted by Gasteiger charge is 2.32. The summed E-state index contributed by atoms with van der Waals surface area (Å²) in [6, 6.07) is 0. The Balaban J connectivity index is 2.47. The fraction of sp³-hybridized carbons (Fsp3) is 1.00. The second-order valence-corrected chi connectivity index (χ2v) is 4.53. The Bertz CT molecular complexity index is 231.